The smallest absolute Gasteiger partial charge is 0.418 e. The fraction of sp³-hybridized carbons (Fsp3) is 0.812. The Morgan fingerprint density at radius 1 is 1.32 bits per heavy atom. The molecule has 2 aliphatic heterocycles. The number of thioether (sulfide) groups is 1. The molecule has 0 aromatic carbocycles. The SMILES string of the molecule is COC(=O)CCCCC1SCC2C1NC(=O)N2C(=O)OCCCCN. The minimum atomic E-state index is -0.575. The molecule has 2 rings (SSSR count). The normalized spacial score (nSPS) is 24.8. The average Bonchev–Trinajstić information content (AvgIpc) is 3.13. The van der Waals surface area contributed by atoms with Gasteiger partial charge in [-0.2, -0.15) is 11.8 Å². The topological polar surface area (TPSA) is 111 Å². The second kappa shape index (κ2) is 9.86. The molecule has 0 aromatic rings. The highest BCUT2D eigenvalue weighted by Crippen LogP contribution is 2.37. The molecule has 9 heteroatoms. The van der Waals surface area contributed by atoms with Crippen molar-refractivity contribution in [3.05, 3.63) is 0 Å². The molecule has 2 heterocycles. The van der Waals surface area contributed by atoms with Crippen molar-refractivity contribution in [1.29, 1.82) is 0 Å². The first kappa shape index (κ1) is 19.8. The number of nitrogens with two attached hydrogens (primary N) is 1. The number of ether oxygens (including phenoxy) is 2. The fourth-order valence-electron chi connectivity index (χ4n) is 3.14. The third-order valence-electron chi connectivity index (χ3n) is 4.50. The maximum atomic E-state index is 12.2. The van der Waals surface area contributed by atoms with Crippen LogP contribution >= 0.6 is 11.8 Å². The number of methoxy groups -OCH3 is 1. The number of fused-ring (bicyclic) bond motifs is 1. The van der Waals surface area contributed by atoms with Gasteiger partial charge < -0.3 is 20.5 Å². The Labute approximate surface area is 152 Å². The molecule has 0 aromatic heterocycles. The third-order valence-corrected chi connectivity index (χ3v) is 6.00. The van der Waals surface area contributed by atoms with Crippen LogP contribution in [0.25, 0.3) is 0 Å². The maximum Gasteiger partial charge on any atom is 0.418 e. The summed E-state index contributed by atoms with van der Waals surface area (Å²) in [5, 5.41) is 3.16. The van der Waals surface area contributed by atoms with E-state index in [2.05, 4.69) is 10.1 Å². The summed E-state index contributed by atoms with van der Waals surface area (Å²) in [6.45, 7) is 0.835. The minimum Gasteiger partial charge on any atom is -0.469 e. The van der Waals surface area contributed by atoms with Crippen molar-refractivity contribution in [2.75, 3.05) is 26.0 Å². The number of hydrogen-bond acceptors (Lipinski definition) is 7. The Bertz CT molecular complexity index is 490. The van der Waals surface area contributed by atoms with Crippen LogP contribution in [0.2, 0.25) is 0 Å². The van der Waals surface area contributed by atoms with E-state index in [1.165, 1.54) is 12.0 Å². The molecule has 25 heavy (non-hydrogen) atoms. The lowest BCUT2D eigenvalue weighted by Gasteiger charge is -2.19. The van der Waals surface area contributed by atoms with Gasteiger partial charge in [0.05, 0.1) is 25.8 Å². The van der Waals surface area contributed by atoms with E-state index in [-0.39, 0.29) is 35.9 Å². The van der Waals surface area contributed by atoms with E-state index in [0.29, 0.717) is 25.1 Å². The molecule has 2 saturated heterocycles. The van der Waals surface area contributed by atoms with E-state index in [9.17, 15) is 14.4 Å². The van der Waals surface area contributed by atoms with Gasteiger partial charge in [0.25, 0.3) is 0 Å². The van der Waals surface area contributed by atoms with Crippen LogP contribution in [0.1, 0.15) is 38.5 Å². The summed E-state index contributed by atoms with van der Waals surface area (Å²) >= 11 is 1.76. The van der Waals surface area contributed by atoms with Gasteiger partial charge in [0.1, 0.15) is 0 Å². The zero-order chi connectivity index (χ0) is 18.2. The number of hydrogen-bond donors (Lipinski definition) is 2. The van der Waals surface area contributed by atoms with E-state index in [1.807, 2.05) is 0 Å². The molecule has 3 unspecified atom stereocenters. The Balaban J connectivity index is 1.77. The van der Waals surface area contributed by atoms with Gasteiger partial charge in [-0.05, 0) is 32.2 Å². The lowest BCUT2D eigenvalue weighted by atomic mass is 10.0. The zero-order valence-corrected chi connectivity index (χ0v) is 15.4. The number of nitrogens with zero attached hydrogens (tertiary/aromatic N) is 1. The van der Waals surface area contributed by atoms with E-state index >= 15 is 0 Å². The van der Waals surface area contributed by atoms with Gasteiger partial charge in [0, 0.05) is 17.4 Å². The summed E-state index contributed by atoms with van der Waals surface area (Å²) in [6.07, 6.45) is 3.86. The number of nitrogens with one attached hydrogen (secondary N) is 1. The molecular formula is C16H27N3O5S. The molecule has 3 amide bonds. The number of rotatable bonds is 9. The second-order valence-electron chi connectivity index (χ2n) is 6.22. The highest BCUT2D eigenvalue weighted by atomic mass is 32.2. The van der Waals surface area contributed by atoms with E-state index in [1.54, 1.807) is 11.8 Å². The third kappa shape index (κ3) is 5.24. The van der Waals surface area contributed by atoms with Crippen LogP contribution in [0.5, 0.6) is 0 Å². The van der Waals surface area contributed by atoms with Crippen molar-refractivity contribution >= 4 is 29.9 Å². The average molecular weight is 373 g/mol. The van der Waals surface area contributed by atoms with Crippen molar-refractivity contribution in [1.82, 2.24) is 10.2 Å². The first-order valence-corrected chi connectivity index (χ1v) is 9.78. The standard InChI is InChI=1S/C16H27N3O5S/c1-23-13(20)7-3-2-6-12-14-11(10-25-12)19(15(21)18-14)16(22)24-9-5-4-8-17/h11-12,14H,2-10,17H2,1H3,(H,18,21). The predicted molar refractivity (Wildman–Crippen MR) is 94.3 cm³/mol. The number of carbonyl (C=O) groups is 3. The molecule has 142 valence electrons. The monoisotopic (exact) mass is 373 g/mol. The van der Waals surface area contributed by atoms with Crippen molar-refractivity contribution in [2.45, 2.75) is 55.9 Å². The summed E-state index contributed by atoms with van der Waals surface area (Å²) in [5.41, 5.74) is 5.41. The van der Waals surface area contributed by atoms with Crippen LogP contribution < -0.4 is 11.1 Å². The van der Waals surface area contributed by atoms with E-state index < -0.39 is 6.09 Å². The summed E-state index contributed by atoms with van der Waals surface area (Å²) in [5.74, 6) is 0.512. The Morgan fingerprint density at radius 2 is 2.12 bits per heavy atom. The molecule has 2 aliphatic rings. The van der Waals surface area contributed by atoms with Crippen LogP contribution in [0.3, 0.4) is 0 Å². The number of urea groups is 1. The van der Waals surface area contributed by atoms with Crippen LogP contribution in [0.15, 0.2) is 0 Å². The lowest BCUT2D eigenvalue weighted by molar-refractivity contribution is -0.140. The first-order chi connectivity index (χ1) is 12.1. The molecule has 0 bridgehead atoms. The number of imide groups is 1. The van der Waals surface area contributed by atoms with Gasteiger partial charge >= 0.3 is 18.1 Å². The quantitative estimate of drug-likeness (QED) is 0.358. The number of carbonyl (C=O) groups excluding carboxylic acids is 3. The molecule has 3 atom stereocenters. The molecule has 2 fully saturated rings. The molecule has 0 radical (unpaired) electrons. The van der Waals surface area contributed by atoms with E-state index in [0.717, 1.165) is 25.7 Å². The van der Waals surface area contributed by atoms with Gasteiger partial charge in [-0.15, -0.1) is 0 Å². The first-order valence-electron chi connectivity index (χ1n) is 8.73. The van der Waals surface area contributed by atoms with Gasteiger partial charge in [0.15, 0.2) is 0 Å². The maximum absolute atomic E-state index is 12.2. The molecule has 3 N–H and O–H groups in total. The second-order valence-corrected chi connectivity index (χ2v) is 7.49. The lowest BCUT2D eigenvalue weighted by Crippen LogP contribution is -2.42. The highest BCUT2D eigenvalue weighted by Gasteiger charge is 2.50. The Kier molecular flexibility index (Phi) is 7.83. The van der Waals surface area contributed by atoms with Crippen molar-refractivity contribution in [3.8, 4) is 0 Å². The predicted octanol–water partition coefficient (Wildman–Crippen LogP) is 1.47. The number of unbranched alkanes of at least 4 members (excludes halogenated alkanes) is 2. The Morgan fingerprint density at radius 3 is 2.84 bits per heavy atom. The van der Waals surface area contributed by atoms with Crippen molar-refractivity contribution in [2.24, 2.45) is 5.73 Å². The summed E-state index contributed by atoms with van der Waals surface area (Å²) in [7, 11) is 1.39. The van der Waals surface area contributed by atoms with Crippen molar-refractivity contribution < 1.29 is 23.9 Å². The molecule has 8 nitrogen and oxygen atoms in total. The minimum absolute atomic E-state index is 0.0489. The van der Waals surface area contributed by atoms with Gasteiger partial charge in [-0.25, -0.2) is 14.5 Å². The summed E-state index contributed by atoms with van der Waals surface area (Å²) in [4.78, 5) is 36.7. The number of esters is 1. The zero-order valence-electron chi connectivity index (χ0n) is 14.6. The molecule has 0 spiro atoms. The van der Waals surface area contributed by atoms with Gasteiger partial charge in [-0.3, -0.25) is 4.79 Å². The molecular weight excluding hydrogens is 346 g/mol. The Hall–Kier alpha value is -1.48. The van der Waals surface area contributed by atoms with Gasteiger partial charge in [-0.1, -0.05) is 6.42 Å². The fourth-order valence-corrected chi connectivity index (χ4v) is 4.73. The van der Waals surface area contributed by atoms with Crippen LogP contribution in [0.4, 0.5) is 9.59 Å². The van der Waals surface area contributed by atoms with Crippen LogP contribution in [-0.4, -0.2) is 66.3 Å². The van der Waals surface area contributed by atoms with Gasteiger partial charge in [0.2, 0.25) is 0 Å². The molecule has 0 aliphatic carbocycles. The van der Waals surface area contributed by atoms with Crippen molar-refractivity contribution in [3.63, 3.8) is 0 Å². The summed E-state index contributed by atoms with van der Waals surface area (Å²) in [6, 6.07) is -0.587. The van der Waals surface area contributed by atoms with E-state index in [4.69, 9.17) is 10.5 Å². The molecule has 0 saturated carbocycles. The van der Waals surface area contributed by atoms with Crippen LogP contribution in [0, 0.1) is 0 Å². The highest BCUT2D eigenvalue weighted by molar-refractivity contribution is 8.00. The van der Waals surface area contributed by atoms with Crippen LogP contribution in [-0.2, 0) is 14.3 Å². The number of amides is 3. The largest absolute Gasteiger partial charge is 0.469 e. The summed E-state index contributed by atoms with van der Waals surface area (Å²) < 4.78 is 9.82.